The molecule has 1 heterocycles. The van der Waals surface area contributed by atoms with Gasteiger partial charge < -0.3 is 50.6 Å². The van der Waals surface area contributed by atoms with Crippen LogP contribution in [-0.2, 0) is 35.7 Å². The molecule has 15 heteroatoms. The first-order valence-electron chi connectivity index (χ1n) is 18.5. The molecular weight excluding hydrogens is 672 g/mol. The van der Waals surface area contributed by atoms with Gasteiger partial charge in [-0.2, -0.15) is 0 Å². The molecule has 1 aliphatic heterocycles. The van der Waals surface area contributed by atoms with Crippen LogP contribution in [-0.4, -0.2) is 97.5 Å². The zero-order valence-corrected chi connectivity index (χ0v) is 30.5. The largest absolute Gasteiger partial charge is 0.493 e. The summed E-state index contributed by atoms with van der Waals surface area (Å²) in [7, 11) is 1.59. The fourth-order valence-electron chi connectivity index (χ4n) is 8.60. The molecule has 5 rings (SSSR count). The Labute approximate surface area is 304 Å². The Morgan fingerprint density at radius 3 is 2.67 bits per heavy atom. The number of carbonyl (C=O) groups excluding carboxylic acids is 4. The molecule has 1 spiro atoms. The SMILES string of the molecule is CCOC(=O)CCCCCN(CCNC(=O)[C@H](CCCNC(=N)N)NC(C)=O)C(=O)OC1=CCC2(O)[C@@H]3CCC[C@@]24c2c(ccc(OC)c2OC14)C3. The zero-order chi connectivity index (χ0) is 37.5. The molecule has 3 aliphatic carbocycles. The van der Waals surface area contributed by atoms with Gasteiger partial charge in [0.15, 0.2) is 23.6 Å². The van der Waals surface area contributed by atoms with Gasteiger partial charge in [-0.25, -0.2) is 4.79 Å². The van der Waals surface area contributed by atoms with Crippen molar-refractivity contribution in [3.8, 4) is 11.5 Å². The number of esters is 1. The molecule has 15 nitrogen and oxygen atoms in total. The highest BCUT2D eigenvalue weighted by Gasteiger charge is 2.71. The molecule has 2 unspecified atom stereocenters. The van der Waals surface area contributed by atoms with Crippen LogP contribution in [0.1, 0.15) is 89.2 Å². The van der Waals surface area contributed by atoms with Crippen molar-refractivity contribution in [3.63, 3.8) is 0 Å². The number of guanidine groups is 1. The molecule has 1 fully saturated rings. The summed E-state index contributed by atoms with van der Waals surface area (Å²) in [6.07, 6.45) is 6.96. The van der Waals surface area contributed by atoms with Crippen LogP contribution in [0.4, 0.5) is 4.79 Å². The van der Waals surface area contributed by atoms with Gasteiger partial charge in [0.1, 0.15) is 11.8 Å². The second-order valence-electron chi connectivity index (χ2n) is 14.1. The predicted molar refractivity (Wildman–Crippen MR) is 191 cm³/mol. The highest BCUT2D eigenvalue weighted by atomic mass is 16.6. The van der Waals surface area contributed by atoms with Crippen molar-refractivity contribution >= 4 is 29.8 Å². The van der Waals surface area contributed by atoms with E-state index in [1.165, 1.54) is 11.8 Å². The Hall–Kier alpha value is -4.53. The Bertz CT molecular complexity index is 1550. The molecule has 0 saturated heterocycles. The number of ether oxygens (including phenoxy) is 4. The Morgan fingerprint density at radius 2 is 1.94 bits per heavy atom. The quantitative estimate of drug-likeness (QED) is 0.0560. The number of nitrogens with zero attached hydrogens (tertiary/aromatic N) is 1. The number of methoxy groups -OCH3 is 1. The van der Waals surface area contributed by atoms with Crippen LogP contribution in [0, 0.1) is 11.3 Å². The van der Waals surface area contributed by atoms with Crippen molar-refractivity contribution in [2.45, 2.75) is 108 Å². The lowest BCUT2D eigenvalue weighted by Crippen LogP contribution is -2.67. The molecule has 0 aromatic heterocycles. The molecule has 3 amide bonds. The van der Waals surface area contributed by atoms with Crippen molar-refractivity contribution in [1.29, 1.82) is 5.41 Å². The first kappa shape index (κ1) is 38.7. The van der Waals surface area contributed by atoms with Crippen LogP contribution < -0.4 is 31.2 Å². The van der Waals surface area contributed by atoms with E-state index in [1.807, 2.05) is 6.07 Å². The van der Waals surface area contributed by atoms with Crippen molar-refractivity contribution in [2.75, 3.05) is 39.9 Å². The lowest BCUT2D eigenvalue weighted by atomic mass is 9.47. The van der Waals surface area contributed by atoms with E-state index < -0.39 is 35.2 Å². The Kier molecular flexibility index (Phi) is 12.6. The number of rotatable bonds is 18. The number of benzene rings is 1. The van der Waals surface area contributed by atoms with E-state index in [9.17, 15) is 24.3 Å². The van der Waals surface area contributed by atoms with Gasteiger partial charge in [0.2, 0.25) is 11.8 Å². The lowest BCUT2D eigenvalue weighted by Gasteiger charge is -2.59. The number of hydrogen-bond donors (Lipinski definition) is 6. The molecule has 1 aromatic rings. The molecule has 1 saturated carbocycles. The molecule has 286 valence electrons. The van der Waals surface area contributed by atoms with Crippen LogP contribution in [0.5, 0.6) is 11.5 Å². The average Bonchev–Trinajstić information content (AvgIpc) is 3.45. The van der Waals surface area contributed by atoms with E-state index in [1.54, 1.807) is 20.1 Å². The second kappa shape index (κ2) is 16.9. The van der Waals surface area contributed by atoms with Crippen LogP contribution in [0.25, 0.3) is 0 Å². The van der Waals surface area contributed by atoms with Crippen molar-refractivity contribution in [3.05, 3.63) is 35.1 Å². The summed E-state index contributed by atoms with van der Waals surface area (Å²) in [5, 5.41) is 27.9. The molecule has 5 atom stereocenters. The third kappa shape index (κ3) is 7.93. The number of nitrogens with two attached hydrogens (primary N) is 1. The van der Waals surface area contributed by atoms with Gasteiger partial charge >= 0.3 is 12.1 Å². The summed E-state index contributed by atoms with van der Waals surface area (Å²) in [6.45, 7) is 4.30. The average molecular weight is 727 g/mol. The third-order valence-corrected chi connectivity index (χ3v) is 10.9. The third-order valence-electron chi connectivity index (χ3n) is 10.9. The number of carbonyl (C=O) groups is 4. The van der Waals surface area contributed by atoms with Crippen molar-refractivity contribution in [2.24, 2.45) is 11.7 Å². The minimum absolute atomic E-state index is 0.0501. The summed E-state index contributed by atoms with van der Waals surface area (Å²) in [5.41, 5.74) is 5.61. The summed E-state index contributed by atoms with van der Waals surface area (Å²) in [5.74, 6) is 0.371. The van der Waals surface area contributed by atoms with E-state index in [0.717, 1.165) is 30.4 Å². The highest BCUT2D eigenvalue weighted by Crippen LogP contribution is 2.67. The maximum atomic E-state index is 14.0. The smallest absolute Gasteiger partial charge is 0.415 e. The predicted octanol–water partition coefficient (Wildman–Crippen LogP) is 2.52. The first-order chi connectivity index (χ1) is 24.9. The van der Waals surface area contributed by atoms with Gasteiger partial charge in [0.25, 0.3) is 0 Å². The molecule has 1 aromatic carbocycles. The number of nitrogens with one attached hydrogen (secondary N) is 4. The van der Waals surface area contributed by atoms with Gasteiger partial charge in [-0.15, -0.1) is 0 Å². The summed E-state index contributed by atoms with van der Waals surface area (Å²) in [4.78, 5) is 52.3. The summed E-state index contributed by atoms with van der Waals surface area (Å²) < 4.78 is 23.5. The maximum Gasteiger partial charge on any atom is 0.415 e. The normalized spacial score (nSPS) is 23.9. The number of amides is 3. The fraction of sp³-hybridized carbons (Fsp3) is 0.649. The topological polar surface area (TPSA) is 215 Å². The molecule has 52 heavy (non-hydrogen) atoms. The monoisotopic (exact) mass is 726 g/mol. The van der Waals surface area contributed by atoms with E-state index >= 15 is 0 Å². The van der Waals surface area contributed by atoms with Crippen molar-refractivity contribution in [1.82, 2.24) is 20.9 Å². The number of hydrogen-bond acceptors (Lipinski definition) is 10. The molecule has 2 bridgehead atoms. The van der Waals surface area contributed by atoms with Crippen LogP contribution >= 0.6 is 0 Å². The Morgan fingerprint density at radius 1 is 1.13 bits per heavy atom. The van der Waals surface area contributed by atoms with Gasteiger partial charge in [-0.3, -0.25) is 19.8 Å². The second-order valence-corrected chi connectivity index (χ2v) is 14.1. The van der Waals surface area contributed by atoms with Crippen LogP contribution in [0.15, 0.2) is 24.0 Å². The maximum absolute atomic E-state index is 14.0. The van der Waals surface area contributed by atoms with Gasteiger partial charge in [0, 0.05) is 45.1 Å². The number of aliphatic hydroxyl groups is 1. The number of unbranched alkanes of at least 4 members (excludes halogenated alkanes) is 2. The molecular formula is C37H54N6O9. The highest BCUT2D eigenvalue weighted by molar-refractivity contribution is 5.86. The van der Waals surface area contributed by atoms with E-state index in [4.69, 9.17) is 30.1 Å². The van der Waals surface area contributed by atoms with Crippen LogP contribution in [0.2, 0.25) is 0 Å². The lowest BCUT2D eigenvalue weighted by molar-refractivity contribution is -0.149. The van der Waals surface area contributed by atoms with E-state index in [2.05, 4.69) is 22.0 Å². The summed E-state index contributed by atoms with van der Waals surface area (Å²) >= 11 is 0. The standard InChI is InChI=1S/C37H54N6O9/c1-4-50-29(45)12-6-5-7-20-43(21-19-40-33(46)26(42-23(2)44)11-9-18-41-34(38)39)35(47)51-28-15-17-37(48)25-10-8-16-36(37)30-24(22-25)13-14-27(49-3)31(30)52-32(28)36/h13-15,25-26,32,48H,4-12,16-22H2,1-3H3,(H,40,46)(H,42,44)(H4,38,39,41)/t25-,26+,32?,36+,37?/m1/s1. The minimum atomic E-state index is -1.05. The van der Waals surface area contributed by atoms with Gasteiger partial charge in [0.05, 0.1) is 24.7 Å². The fourth-order valence-corrected chi connectivity index (χ4v) is 8.60. The summed E-state index contributed by atoms with van der Waals surface area (Å²) in [6, 6.07) is 3.15. The van der Waals surface area contributed by atoms with Gasteiger partial charge in [-0.05, 0) is 81.9 Å². The molecule has 4 aliphatic rings. The molecule has 0 radical (unpaired) electrons. The first-order valence-corrected chi connectivity index (χ1v) is 18.5. The zero-order valence-electron chi connectivity index (χ0n) is 30.5. The molecule has 7 N–H and O–H groups in total. The Balaban J connectivity index is 1.29. The minimum Gasteiger partial charge on any atom is -0.493 e. The van der Waals surface area contributed by atoms with Crippen LogP contribution in [0.3, 0.4) is 0 Å². The van der Waals surface area contributed by atoms with Crippen molar-refractivity contribution < 1.29 is 43.2 Å². The van der Waals surface area contributed by atoms with E-state index in [0.29, 0.717) is 81.9 Å². The van der Waals surface area contributed by atoms with E-state index in [-0.39, 0.29) is 43.3 Å². The van der Waals surface area contributed by atoms with Gasteiger partial charge in [-0.1, -0.05) is 18.9 Å².